The summed E-state index contributed by atoms with van der Waals surface area (Å²) >= 11 is 1.44. The zero-order chi connectivity index (χ0) is 14.5. The van der Waals surface area contributed by atoms with Gasteiger partial charge in [0.2, 0.25) is 0 Å². The highest BCUT2D eigenvalue weighted by atomic mass is 32.1. The number of aromatic nitrogens is 4. The van der Waals surface area contributed by atoms with E-state index in [0.29, 0.717) is 30.4 Å². The van der Waals surface area contributed by atoms with Gasteiger partial charge in [-0.3, -0.25) is 4.68 Å². The lowest BCUT2D eigenvalue weighted by Gasteiger charge is -1.99. The number of hydrogen-bond acceptors (Lipinski definition) is 7. The second-order valence-corrected chi connectivity index (χ2v) is 5.36. The molecule has 20 heavy (non-hydrogen) atoms. The molecule has 0 aliphatic heterocycles. The van der Waals surface area contributed by atoms with Gasteiger partial charge in [-0.05, 0) is 13.8 Å². The van der Waals surface area contributed by atoms with Crippen LogP contribution in [0.1, 0.15) is 28.1 Å². The van der Waals surface area contributed by atoms with Gasteiger partial charge in [0.25, 0.3) is 0 Å². The topological polar surface area (TPSA) is 81.9 Å². The Labute approximate surface area is 121 Å². The zero-order valence-electron chi connectivity index (χ0n) is 11.7. The van der Waals surface area contributed by atoms with E-state index in [2.05, 4.69) is 20.4 Å². The van der Waals surface area contributed by atoms with Crippen LogP contribution in [0.5, 0.6) is 0 Å². The lowest BCUT2D eigenvalue weighted by atomic mass is 10.4. The Morgan fingerprint density at radius 2 is 2.35 bits per heavy atom. The molecule has 2 aromatic rings. The normalized spacial score (nSPS) is 10.6. The summed E-state index contributed by atoms with van der Waals surface area (Å²) in [6.45, 7) is 4.65. The summed E-state index contributed by atoms with van der Waals surface area (Å²) in [5, 5.41) is 8.07. The average Bonchev–Trinajstić information content (AvgIpc) is 2.96. The number of anilines is 1. The molecule has 0 radical (unpaired) electrons. The molecular formula is C12H17N5O2S. The number of ether oxygens (including phenoxy) is 1. The highest BCUT2D eigenvalue weighted by Gasteiger charge is 2.16. The number of carbonyl (C=O) groups is 1. The molecule has 1 N–H and O–H groups in total. The summed E-state index contributed by atoms with van der Waals surface area (Å²) in [5.74, 6) is 0.402. The van der Waals surface area contributed by atoms with Crippen molar-refractivity contribution in [3.63, 3.8) is 0 Å². The predicted octanol–water partition coefficient (Wildman–Crippen LogP) is 1.41. The lowest BCUT2D eigenvalue weighted by Crippen LogP contribution is -2.08. The third kappa shape index (κ3) is 3.53. The van der Waals surface area contributed by atoms with Crippen LogP contribution in [-0.4, -0.2) is 38.9 Å². The highest BCUT2D eigenvalue weighted by molar-refractivity contribution is 7.15. The Balaban J connectivity index is 1.90. The molecule has 0 bridgehead atoms. The molecule has 0 fully saturated rings. The molecule has 0 unspecified atom stereocenters. The molecule has 108 valence electrons. The molecule has 0 spiro atoms. The van der Waals surface area contributed by atoms with E-state index in [0.717, 1.165) is 10.7 Å². The monoisotopic (exact) mass is 295 g/mol. The van der Waals surface area contributed by atoms with Crippen molar-refractivity contribution in [1.29, 1.82) is 0 Å². The Morgan fingerprint density at radius 1 is 1.55 bits per heavy atom. The first-order valence-corrected chi connectivity index (χ1v) is 7.14. The van der Waals surface area contributed by atoms with Crippen molar-refractivity contribution in [1.82, 2.24) is 19.7 Å². The molecule has 8 heteroatoms. The second-order valence-electron chi connectivity index (χ2n) is 4.16. The molecule has 2 heterocycles. The van der Waals surface area contributed by atoms with Crippen LogP contribution in [0.15, 0.2) is 6.33 Å². The summed E-state index contributed by atoms with van der Waals surface area (Å²) in [7, 11) is 1.83. The fourth-order valence-electron chi connectivity index (χ4n) is 1.64. The quantitative estimate of drug-likeness (QED) is 0.811. The van der Waals surface area contributed by atoms with Crippen molar-refractivity contribution in [2.75, 3.05) is 18.5 Å². The minimum Gasteiger partial charge on any atom is -0.461 e. The second kappa shape index (κ2) is 6.47. The Bertz CT molecular complexity index is 592. The van der Waals surface area contributed by atoms with E-state index in [-0.39, 0.29) is 5.97 Å². The maximum atomic E-state index is 11.6. The molecule has 0 amide bonds. The van der Waals surface area contributed by atoms with Crippen LogP contribution >= 0.6 is 11.3 Å². The number of esters is 1. The van der Waals surface area contributed by atoms with Gasteiger partial charge in [0.15, 0.2) is 16.6 Å². The number of thiazole rings is 1. The van der Waals surface area contributed by atoms with Crippen molar-refractivity contribution in [3.05, 3.63) is 22.7 Å². The van der Waals surface area contributed by atoms with Gasteiger partial charge in [0, 0.05) is 24.9 Å². The molecule has 0 saturated carbocycles. The van der Waals surface area contributed by atoms with Gasteiger partial charge < -0.3 is 10.1 Å². The van der Waals surface area contributed by atoms with E-state index in [1.165, 1.54) is 11.3 Å². The van der Waals surface area contributed by atoms with Gasteiger partial charge in [0.1, 0.15) is 6.33 Å². The zero-order valence-corrected chi connectivity index (χ0v) is 12.5. The van der Waals surface area contributed by atoms with Crippen molar-refractivity contribution >= 4 is 22.4 Å². The van der Waals surface area contributed by atoms with Crippen molar-refractivity contribution in [2.45, 2.75) is 20.3 Å². The van der Waals surface area contributed by atoms with E-state index in [9.17, 15) is 4.79 Å². The number of aryl methyl sites for hydroxylation is 2. The SMILES string of the molecule is CCOC(=O)c1nc(NCCc2ncn(C)n2)sc1C. The average molecular weight is 295 g/mol. The number of hydrogen-bond donors (Lipinski definition) is 1. The first-order chi connectivity index (χ1) is 9.60. The largest absolute Gasteiger partial charge is 0.461 e. The summed E-state index contributed by atoms with van der Waals surface area (Å²) in [5.41, 5.74) is 0.385. The summed E-state index contributed by atoms with van der Waals surface area (Å²) in [6, 6.07) is 0. The molecule has 2 aromatic heterocycles. The van der Waals surface area contributed by atoms with Crippen LogP contribution in [0, 0.1) is 6.92 Å². The minimum absolute atomic E-state index is 0.351. The molecule has 0 aliphatic carbocycles. The predicted molar refractivity (Wildman–Crippen MR) is 76.0 cm³/mol. The smallest absolute Gasteiger partial charge is 0.358 e. The first kappa shape index (κ1) is 14.4. The molecule has 0 aromatic carbocycles. The van der Waals surface area contributed by atoms with Crippen molar-refractivity contribution < 1.29 is 9.53 Å². The summed E-state index contributed by atoms with van der Waals surface area (Å²) < 4.78 is 6.62. The molecule has 0 saturated heterocycles. The van der Waals surface area contributed by atoms with Crippen molar-refractivity contribution in [2.24, 2.45) is 7.05 Å². The van der Waals surface area contributed by atoms with E-state index >= 15 is 0 Å². The van der Waals surface area contributed by atoms with E-state index in [1.807, 2.05) is 14.0 Å². The van der Waals surface area contributed by atoms with Gasteiger partial charge in [0.05, 0.1) is 6.61 Å². The molecule has 0 aliphatic rings. The third-order valence-corrected chi connectivity index (χ3v) is 3.47. The fourth-order valence-corrected chi connectivity index (χ4v) is 2.47. The van der Waals surface area contributed by atoms with E-state index in [1.54, 1.807) is 17.9 Å². The highest BCUT2D eigenvalue weighted by Crippen LogP contribution is 2.22. The number of nitrogens with one attached hydrogen (secondary N) is 1. The minimum atomic E-state index is -0.374. The van der Waals surface area contributed by atoms with Gasteiger partial charge in [-0.2, -0.15) is 5.10 Å². The Kier molecular flexibility index (Phi) is 4.67. The lowest BCUT2D eigenvalue weighted by molar-refractivity contribution is 0.0519. The summed E-state index contributed by atoms with van der Waals surface area (Å²) in [4.78, 5) is 20.9. The van der Waals surface area contributed by atoms with Crippen LogP contribution in [0.3, 0.4) is 0 Å². The van der Waals surface area contributed by atoms with E-state index in [4.69, 9.17) is 4.74 Å². The van der Waals surface area contributed by atoms with Crippen LogP contribution in [-0.2, 0) is 18.2 Å². The number of nitrogens with zero attached hydrogens (tertiary/aromatic N) is 4. The molecule has 2 rings (SSSR count). The Morgan fingerprint density at radius 3 is 3.00 bits per heavy atom. The van der Waals surface area contributed by atoms with E-state index < -0.39 is 0 Å². The molecule has 7 nitrogen and oxygen atoms in total. The van der Waals surface area contributed by atoms with Crippen LogP contribution < -0.4 is 5.32 Å². The maximum absolute atomic E-state index is 11.6. The van der Waals surface area contributed by atoms with Gasteiger partial charge in [-0.1, -0.05) is 0 Å². The van der Waals surface area contributed by atoms with Crippen molar-refractivity contribution in [3.8, 4) is 0 Å². The standard InChI is InChI=1S/C12H17N5O2S/c1-4-19-11(18)10-8(2)20-12(15-10)13-6-5-9-14-7-17(3)16-9/h7H,4-6H2,1-3H3,(H,13,15). The first-order valence-electron chi connectivity index (χ1n) is 6.33. The maximum Gasteiger partial charge on any atom is 0.358 e. The van der Waals surface area contributed by atoms with Gasteiger partial charge in [-0.25, -0.2) is 14.8 Å². The molecular weight excluding hydrogens is 278 g/mol. The van der Waals surface area contributed by atoms with Gasteiger partial charge >= 0.3 is 5.97 Å². The van der Waals surface area contributed by atoms with Gasteiger partial charge in [-0.15, -0.1) is 11.3 Å². The fraction of sp³-hybridized carbons (Fsp3) is 0.500. The number of rotatable bonds is 6. The van der Waals surface area contributed by atoms with Crippen LogP contribution in [0.2, 0.25) is 0 Å². The third-order valence-electron chi connectivity index (χ3n) is 2.54. The van der Waals surface area contributed by atoms with Crippen LogP contribution in [0.25, 0.3) is 0 Å². The summed E-state index contributed by atoms with van der Waals surface area (Å²) in [6.07, 6.45) is 2.37. The van der Waals surface area contributed by atoms with Crippen LogP contribution in [0.4, 0.5) is 5.13 Å². The number of carbonyl (C=O) groups excluding carboxylic acids is 1. The molecule has 0 atom stereocenters. The Hall–Kier alpha value is -1.96.